The van der Waals surface area contributed by atoms with E-state index in [2.05, 4.69) is 20.6 Å². The minimum atomic E-state index is -1.05. The molecule has 0 saturated heterocycles. The molecule has 0 unspecified atom stereocenters. The second-order valence-corrected chi connectivity index (χ2v) is 9.19. The fraction of sp³-hybridized carbons (Fsp3) is 0.273. The number of anilines is 2. The van der Waals surface area contributed by atoms with Crippen LogP contribution in [-0.2, 0) is 6.54 Å². The van der Waals surface area contributed by atoms with E-state index in [1.807, 2.05) is 6.07 Å². The van der Waals surface area contributed by atoms with Crippen molar-refractivity contribution in [1.29, 1.82) is 0 Å². The molecule has 4 aromatic rings. The predicted molar refractivity (Wildman–Crippen MR) is 127 cm³/mol. The number of aliphatic hydroxyl groups is 1. The van der Waals surface area contributed by atoms with E-state index >= 15 is 0 Å². The van der Waals surface area contributed by atoms with Crippen LogP contribution >= 0.6 is 11.3 Å². The number of carbonyl (C=O) groups excluding carboxylic acids is 2. The molecular weight excluding hydrogens is 444 g/mol. The molecule has 0 aliphatic heterocycles. The summed E-state index contributed by atoms with van der Waals surface area (Å²) in [6.07, 6.45) is 2.92. The monoisotopic (exact) mass is 468 g/mol. The Hall–Kier alpha value is -3.70. The van der Waals surface area contributed by atoms with Crippen LogP contribution < -0.4 is 15.5 Å². The molecule has 1 aromatic carbocycles. The summed E-state index contributed by atoms with van der Waals surface area (Å²) >= 11 is 1.27. The molecule has 3 aromatic heterocycles. The zero-order chi connectivity index (χ0) is 23.8. The van der Waals surface area contributed by atoms with Crippen molar-refractivity contribution in [2.75, 3.05) is 24.3 Å². The first-order valence-corrected chi connectivity index (χ1v) is 11.0. The van der Waals surface area contributed by atoms with Gasteiger partial charge in [-0.2, -0.15) is 0 Å². The van der Waals surface area contributed by atoms with Crippen molar-refractivity contribution in [1.82, 2.24) is 19.9 Å². The van der Waals surface area contributed by atoms with E-state index in [1.54, 1.807) is 63.0 Å². The number of oxazole rings is 1. The van der Waals surface area contributed by atoms with Crippen molar-refractivity contribution in [3.63, 3.8) is 0 Å². The van der Waals surface area contributed by atoms with Crippen molar-refractivity contribution in [3.05, 3.63) is 47.8 Å². The second kappa shape index (κ2) is 8.68. The predicted octanol–water partition coefficient (Wildman–Crippen LogP) is 3.55. The van der Waals surface area contributed by atoms with Gasteiger partial charge in [0.2, 0.25) is 5.95 Å². The molecule has 0 aliphatic carbocycles. The van der Waals surface area contributed by atoms with Gasteiger partial charge >= 0.3 is 6.03 Å². The van der Waals surface area contributed by atoms with E-state index in [9.17, 15) is 14.7 Å². The van der Waals surface area contributed by atoms with Gasteiger partial charge in [-0.3, -0.25) is 15.0 Å². The first kappa shape index (κ1) is 22.5. The van der Waals surface area contributed by atoms with Crippen LogP contribution in [-0.4, -0.2) is 51.3 Å². The van der Waals surface area contributed by atoms with Gasteiger partial charge in [0.1, 0.15) is 0 Å². The van der Waals surface area contributed by atoms with Gasteiger partial charge in [-0.1, -0.05) is 0 Å². The largest absolute Gasteiger partial charge is 0.443 e. The van der Waals surface area contributed by atoms with E-state index in [4.69, 9.17) is 4.42 Å². The third-order valence-corrected chi connectivity index (χ3v) is 6.01. The molecule has 3 N–H and O–H groups in total. The number of hydrogen-bond donors (Lipinski definition) is 3. The fourth-order valence-electron chi connectivity index (χ4n) is 3.35. The number of benzene rings is 1. The van der Waals surface area contributed by atoms with Crippen LogP contribution in [0.2, 0.25) is 0 Å². The van der Waals surface area contributed by atoms with Crippen LogP contribution in [0.4, 0.5) is 16.4 Å². The Labute approximate surface area is 193 Å². The molecule has 3 heterocycles. The van der Waals surface area contributed by atoms with Crippen molar-refractivity contribution < 1.29 is 19.1 Å². The highest BCUT2D eigenvalue weighted by Crippen LogP contribution is 2.30. The zero-order valence-corrected chi connectivity index (χ0v) is 19.4. The molecule has 11 heteroatoms. The standard InChI is InChI=1S/C22H24N6O4S/c1-22(2,31)11-28-15-6-5-13(27(4)21(30)23-3)9-14(15)25-20(28)26-19(29)18-8-7-17(33-18)16-10-24-12-32-16/h5-10,12,31H,11H2,1-4H3,(H,23,30)(H,25,26,29). The first-order chi connectivity index (χ1) is 15.7. The number of carbonyl (C=O) groups is 2. The van der Waals surface area contributed by atoms with E-state index < -0.39 is 5.60 Å². The third-order valence-electron chi connectivity index (χ3n) is 4.91. The normalized spacial score (nSPS) is 11.5. The van der Waals surface area contributed by atoms with Crippen LogP contribution in [0.3, 0.4) is 0 Å². The van der Waals surface area contributed by atoms with Gasteiger partial charge in [0.05, 0.1) is 39.1 Å². The summed E-state index contributed by atoms with van der Waals surface area (Å²) in [5, 5.41) is 15.9. The van der Waals surface area contributed by atoms with Gasteiger partial charge < -0.3 is 19.4 Å². The molecule has 33 heavy (non-hydrogen) atoms. The number of fused-ring (bicyclic) bond motifs is 1. The highest BCUT2D eigenvalue weighted by atomic mass is 32.1. The number of imidazole rings is 1. The van der Waals surface area contributed by atoms with Crippen LogP contribution in [0, 0.1) is 0 Å². The SMILES string of the molecule is CNC(=O)N(C)c1ccc2c(c1)nc(NC(=O)c1ccc(-c3cnco3)s1)n2CC(C)(C)O. The number of nitrogens with one attached hydrogen (secondary N) is 2. The highest BCUT2D eigenvalue weighted by molar-refractivity contribution is 7.17. The summed E-state index contributed by atoms with van der Waals surface area (Å²) in [5.74, 6) is 0.549. The Morgan fingerprint density at radius 2 is 2.06 bits per heavy atom. The lowest BCUT2D eigenvalue weighted by molar-refractivity contribution is 0.0630. The topological polar surface area (TPSA) is 126 Å². The maximum absolute atomic E-state index is 13.0. The molecule has 0 bridgehead atoms. The molecule has 0 aliphatic rings. The lowest BCUT2D eigenvalue weighted by Crippen LogP contribution is -2.34. The van der Waals surface area contributed by atoms with Crippen LogP contribution in [0.15, 0.2) is 47.3 Å². The Bertz CT molecular complexity index is 1300. The molecule has 172 valence electrons. The van der Waals surface area contributed by atoms with E-state index in [0.717, 1.165) is 10.4 Å². The smallest absolute Gasteiger partial charge is 0.321 e. The number of rotatable bonds is 6. The minimum absolute atomic E-state index is 0.206. The van der Waals surface area contributed by atoms with Crippen LogP contribution in [0.5, 0.6) is 0 Å². The van der Waals surface area contributed by atoms with Crippen molar-refractivity contribution in [2.24, 2.45) is 0 Å². The zero-order valence-electron chi connectivity index (χ0n) is 18.6. The summed E-state index contributed by atoms with van der Waals surface area (Å²) in [6.45, 7) is 3.57. The van der Waals surface area contributed by atoms with Crippen molar-refractivity contribution in [3.8, 4) is 10.6 Å². The average Bonchev–Trinajstić information content (AvgIpc) is 3.52. The van der Waals surface area contributed by atoms with Crippen molar-refractivity contribution in [2.45, 2.75) is 26.0 Å². The number of amides is 3. The maximum atomic E-state index is 13.0. The molecule has 0 atom stereocenters. The molecule has 0 radical (unpaired) electrons. The number of urea groups is 1. The maximum Gasteiger partial charge on any atom is 0.321 e. The molecular formula is C22H24N6O4S. The Morgan fingerprint density at radius 1 is 1.27 bits per heavy atom. The Morgan fingerprint density at radius 3 is 2.73 bits per heavy atom. The van der Waals surface area contributed by atoms with Gasteiger partial charge in [-0.25, -0.2) is 14.8 Å². The summed E-state index contributed by atoms with van der Waals surface area (Å²) in [6, 6.07) is 8.59. The van der Waals surface area contributed by atoms with Gasteiger partial charge in [-0.15, -0.1) is 11.3 Å². The summed E-state index contributed by atoms with van der Waals surface area (Å²) in [7, 11) is 3.21. The van der Waals surface area contributed by atoms with E-state index in [1.165, 1.54) is 22.6 Å². The molecule has 0 saturated carbocycles. The number of aromatic nitrogens is 3. The molecule has 3 amide bonds. The van der Waals surface area contributed by atoms with Gasteiger partial charge in [-0.05, 0) is 44.2 Å². The Kier molecular flexibility index (Phi) is 5.91. The van der Waals surface area contributed by atoms with Gasteiger partial charge in [0.25, 0.3) is 5.91 Å². The number of thiophene rings is 1. The number of nitrogens with zero attached hydrogens (tertiary/aromatic N) is 4. The first-order valence-electron chi connectivity index (χ1n) is 10.1. The lowest BCUT2D eigenvalue weighted by Gasteiger charge is -2.20. The second-order valence-electron chi connectivity index (χ2n) is 8.10. The molecule has 10 nitrogen and oxygen atoms in total. The summed E-state index contributed by atoms with van der Waals surface area (Å²) in [5.41, 5.74) is 0.890. The highest BCUT2D eigenvalue weighted by Gasteiger charge is 2.22. The number of hydrogen-bond acceptors (Lipinski definition) is 7. The van der Waals surface area contributed by atoms with Crippen molar-refractivity contribution >= 4 is 45.9 Å². The van der Waals surface area contributed by atoms with E-state index in [-0.39, 0.29) is 18.5 Å². The minimum Gasteiger partial charge on any atom is -0.443 e. The van der Waals surface area contributed by atoms with Gasteiger partial charge in [0, 0.05) is 19.8 Å². The average molecular weight is 469 g/mol. The van der Waals surface area contributed by atoms with E-state index in [0.29, 0.717) is 27.8 Å². The summed E-state index contributed by atoms with van der Waals surface area (Å²) < 4.78 is 7.04. The quantitative estimate of drug-likeness (QED) is 0.397. The molecule has 0 fully saturated rings. The van der Waals surface area contributed by atoms with Crippen LogP contribution in [0.25, 0.3) is 21.7 Å². The fourth-order valence-corrected chi connectivity index (χ4v) is 4.20. The molecule has 4 rings (SSSR count). The third kappa shape index (κ3) is 4.73. The molecule has 0 spiro atoms. The van der Waals surface area contributed by atoms with Gasteiger partial charge in [0.15, 0.2) is 12.2 Å². The Balaban J connectivity index is 1.68. The summed E-state index contributed by atoms with van der Waals surface area (Å²) in [4.78, 5) is 36.2. The van der Waals surface area contributed by atoms with Crippen LogP contribution in [0.1, 0.15) is 23.5 Å². The lowest BCUT2D eigenvalue weighted by atomic mass is 10.1.